The highest BCUT2D eigenvalue weighted by Crippen LogP contribution is 2.30. The zero-order valence-corrected chi connectivity index (χ0v) is 13.8. The van der Waals surface area contributed by atoms with E-state index in [-0.39, 0.29) is 0 Å². The van der Waals surface area contributed by atoms with Crippen LogP contribution in [-0.2, 0) is 0 Å². The molecule has 0 radical (unpaired) electrons. The van der Waals surface area contributed by atoms with Crippen molar-refractivity contribution in [1.29, 1.82) is 0 Å². The SMILES string of the molecule is CCSC1CCC(NC2CCN(CC(C)C)CC2)C1. The van der Waals surface area contributed by atoms with Crippen molar-refractivity contribution >= 4 is 11.8 Å². The third kappa shape index (κ3) is 5.28. The van der Waals surface area contributed by atoms with Crippen molar-refractivity contribution in [1.82, 2.24) is 10.2 Å². The molecule has 2 rings (SSSR count). The van der Waals surface area contributed by atoms with Gasteiger partial charge in [-0.3, -0.25) is 0 Å². The van der Waals surface area contributed by atoms with Crippen molar-refractivity contribution in [3.05, 3.63) is 0 Å². The fraction of sp³-hybridized carbons (Fsp3) is 1.00. The maximum absolute atomic E-state index is 3.94. The summed E-state index contributed by atoms with van der Waals surface area (Å²) in [6.07, 6.45) is 6.96. The molecule has 2 unspecified atom stereocenters. The van der Waals surface area contributed by atoms with Crippen molar-refractivity contribution < 1.29 is 0 Å². The lowest BCUT2D eigenvalue weighted by molar-refractivity contribution is 0.174. The molecule has 19 heavy (non-hydrogen) atoms. The zero-order valence-electron chi connectivity index (χ0n) is 13.0. The minimum atomic E-state index is 0.791. The summed E-state index contributed by atoms with van der Waals surface area (Å²) in [4.78, 5) is 2.65. The van der Waals surface area contributed by atoms with Crippen LogP contribution in [0.1, 0.15) is 52.9 Å². The lowest BCUT2D eigenvalue weighted by atomic mass is 10.0. The zero-order chi connectivity index (χ0) is 13.7. The summed E-state index contributed by atoms with van der Waals surface area (Å²) in [7, 11) is 0. The summed E-state index contributed by atoms with van der Waals surface area (Å²) in [6, 6.07) is 1.60. The Labute approximate surface area is 124 Å². The molecule has 0 aromatic heterocycles. The van der Waals surface area contributed by atoms with Gasteiger partial charge in [-0.15, -0.1) is 0 Å². The molecule has 0 aromatic rings. The van der Waals surface area contributed by atoms with E-state index in [1.165, 1.54) is 57.5 Å². The Kier molecular flexibility index (Phi) is 6.51. The number of rotatable bonds is 6. The number of piperidine rings is 1. The Balaban J connectivity index is 1.63. The van der Waals surface area contributed by atoms with E-state index >= 15 is 0 Å². The summed E-state index contributed by atoms with van der Waals surface area (Å²) < 4.78 is 0. The van der Waals surface area contributed by atoms with Gasteiger partial charge in [0, 0.05) is 23.9 Å². The Morgan fingerprint density at radius 1 is 1.11 bits per heavy atom. The number of nitrogens with zero attached hydrogens (tertiary/aromatic N) is 1. The molecule has 0 bridgehead atoms. The molecule has 2 nitrogen and oxygen atoms in total. The van der Waals surface area contributed by atoms with Crippen LogP contribution in [0.2, 0.25) is 0 Å². The molecule has 3 heteroatoms. The van der Waals surface area contributed by atoms with Gasteiger partial charge in [0.1, 0.15) is 0 Å². The van der Waals surface area contributed by atoms with Gasteiger partial charge in [-0.05, 0) is 56.9 Å². The Hall–Kier alpha value is 0.270. The van der Waals surface area contributed by atoms with Crippen molar-refractivity contribution in [3.63, 3.8) is 0 Å². The van der Waals surface area contributed by atoms with Gasteiger partial charge in [-0.2, -0.15) is 11.8 Å². The number of nitrogens with one attached hydrogen (secondary N) is 1. The Bertz CT molecular complexity index is 249. The van der Waals surface area contributed by atoms with Gasteiger partial charge in [0.25, 0.3) is 0 Å². The van der Waals surface area contributed by atoms with Gasteiger partial charge in [0.15, 0.2) is 0 Å². The lowest BCUT2D eigenvalue weighted by Gasteiger charge is -2.34. The van der Waals surface area contributed by atoms with Crippen molar-refractivity contribution in [3.8, 4) is 0 Å². The van der Waals surface area contributed by atoms with Crippen LogP contribution < -0.4 is 5.32 Å². The van der Waals surface area contributed by atoms with Crippen LogP contribution in [0.4, 0.5) is 0 Å². The monoisotopic (exact) mass is 284 g/mol. The maximum Gasteiger partial charge on any atom is 0.00940 e. The summed E-state index contributed by atoms with van der Waals surface area (Å²) in [6.45, 7) is 10.8. The molecule has 0 spiro atoms. The molecule has 0 amide bonds. The van der Waals surface area contributed by atoms with E-state index in [1.54, 1.807) is 0 Å². The second-order valence-corrected chi connectivity index (χ2v) is 8.30. The third-order valence-corrected chi connectivity index (χ3v) is 5.70. The van der Waals surface area contributed by atoms with E-state index in [4.69, 9.17) is 0 Å². The van der Waals surface area contributed by atoms with Gasteiger partial charge in [0.2, 0.25) is 0 Å². The second-order valence-electron chi connectivity index (χ2n) is 6.72. The van der Waals surface area contributed by atoms with E-state index < -0.39 is 0 Å². The minimum absolute atomic E-state index is 0.791. The maximum atomic E-state index is 3.94. The molecule has 2 fully saturated rings. The number of thioether (sulfide) groups is 1. The second kappa shape index (κ2) is 7.90. The van der Waals surface area contributed by atoms with Crippen LogP contribution in [-0.4, -0.2) is 47.6 Å². The summed E-state index contributed by atoms with van der Waals surface area (Å²) in [5, 5.41) is 4.87. The number of likely N-dealkylation sites (tertiary alicyclic amines) is 1. The highest BCUT2D eigenvalue weighted by molar-refractivity contribution is 7.99. The standard InChI is InChI=1S/C16H32N2S/c1-4-19-16-6-5-15(11-16)17-14-7-9-18(10-8-14)12-13(2)3/h13-17H,4-12H2,1-3H3. The van der Waals surface area contributed by atoms with Gasteiger partial charge >= 0.3 is 0 Å². The smallest absolute Gasteiger partial charge is 0.00940 e. The number of hydrogen-bond donors (Lipinski definition) is 1. The Morgan fingerprint density at radius 2 is 1.84 bits per heavy atom. The van der Waals surface area contributed by atoms with Gasteiger partial charge in [0.05, 0.1) is 0 Å². The molecule has 1 heterocycles. The quantitative estimate of drug-likeness (QED) is 0.805. The van der Waals surface area contributed by atoms with E-state index in [0.717, 1.165) is 23.3 Å². The van der Waals surface area contributed by atoms with E-state index in [1.807, 2.05) is 0 Å². The molecule has 1 N–H and O–H groups in total. The summed E-state index contributed by atoms with van der Waals surface area (Å²) in [5.41, 5.74) is 0. The van der Waals surface area contributed by atoms with Crippen LogP contribution in [0, 0.1) is 5.92 Å². The van der Waals surface area contributed by atoms with Crippen LogP contribution in [0.5, 0.6) is 0 Å². The minimum Gasteiger partial charge on any atom is -0.311 e. The third-order valence-electron chi connectivity index (χ3n) is 4.47. The topological polar surface area (TPSA) is 15.3 Å². The van der Waals surface area contributed by atoms with Gasteiger partial charge < -0.3 is 10.2 Å². The van der Waals surface area contributed by atoms with E-state index in [2.05, 4.69) is 42.7 Å². The highest BCUT2D eigenvalue weighted by atomic mass is 32.2. The highest BCUT2D eigenvalue weighted by Gasteiger charge is 2.27. The average Bonchev–Trinajstić information content (AvgIpc) is 2.79. The molecule has 0 aromatic carbocycles. The van der Waals surface area contributed by atoms with E-state index in [0.29, 0.717) is 0 Å². The predicted octanol–water partition coefficient (Wildman–Crippen LogP) is 3.37. The molecule has 1 aliphatic heterocycles. The molecule has 2 atom stereocenters. The molecule has 1 aliphatic carbocycles. The summed E-state index contributed by atoms with van der Waals surface area (Å²) in [5.74, 6) is 2.09. The molecule has 112 valence electrons. The lowest BCUT2D eigenvalue weighted by Crippen LogP contribution is -2.46. The van der Waals surface area contributed by atoms with Crippen molar-refractivity contribution in [2.24, 2.45) is 5.92 Å². The molecular formula is C16H32N2S. The molecule has 1 saturated carbocycles. The number of hydrogen-bond acceptors (Lipinski definition) is 3. The fourth-order valence-electron chi connectivity index (χ4n) is 3.61. The van der Waals surface area contributed by atoms with Crippen LogP contribution in [0.25, 0.3) is 0 Å². The molecular weight excluding hydrogens is 252 g/mol. The van der Waals surface area contributed by atoms with Crippen LogP contribution in [0.3, 0.4) is 0 Å². The molecule has 1 saturated heterocycles. The first-order valence-corrected chi connectivity index (χ1v) is 9.32. The fourth-order valence-corrected chi connectivity index (χ4v) is 4.75. The van der Waals surface area contributed by atoms with E-state index in [9.17, 15) is 0 Å². The van der Waals surface area contributed by atoms with Crippen LogP contribution >= 0.6 is 11.8 Å². The predicted molar refractivity (Wildman–Crippen MR) is 87.0 cm³/mol. The largest absolute Gasteiger partial charge is 0.311 e. The Morgan fingerprint density at radius 3 is 2.47 bits per heavy atom. The van der Waals surface area contributed by atoms with Gasteiger partial charge in [-0.25, -0.2) is 0 Å². The first-order chi connectivity index (χ1) is 9.17. The molecule has 2 aliphatic rings. The van der Waals surface area contributed by atoms with Gasteiger partial charge in [-0.1, -0.05) is 20.8 Å². The first kappa shape index (κ1) is 15.7. The average molecular weight is 285 g/mol. The summed E-state index contributed by atoms with van der Waals surface area (Å²) >= 11 is 2.16. The van der Waals surface area contributed by atoms with Crippen LogP contribution in [0.15, 0.2) is 0 Å². The van der Waals surface area contributed by atoms with Crippen molar-refractivity contribution in [2.45, 2.75) is 70.2 Å². The first-order valence-electron chi connectivity index (χ1n) is 8.27. The normalized spacial score (nSPS) is 30.3. The van der Waals surface area contributed by atoms with Crippen molar-refractivity contribution in [2.75, 3.05) is 25.4 Å².